The number of benzene rings is 1. The molecular formula is C12H10Cl2OS. The van der Waals surface area contributed by atoms with Crippen LogP contribution in [0.3, 0.4) is 0 Å². The minimum atomic E-state index is -0.653. The van der Waals surface area contributed by atoms with E-state index in [1.54, 1.807) is 29.5 Å². The third kappa shape index (κ3) is 2.58. The van der Waals surface area contributed by atoms with Crippen LogP contribution in [0.5, 0.6) is 0 Å². The highest BCUT2D eigenvalue weighted by atomic mass is 35.5. The first-order valence-electron chi connectivity index (χ1n) is 4.83. The second-order valence-electron chi connectivity index (χ2n) is 3.43. The SMILES string of the molecule is OC(Cc1cccs1)c1c(Cl)cccc1Cl. The van der Waals surface area contributed by atoms with Crippen LogP contribution in [-0.4, -0.2) is 5.11 Å². The molecule has 0 spiro atoms. The molecule has 1 atom stereocenters. The molecule has 0 aliphatic carbocycles. The normalized spacial score (nSPS) is 12.7. The number of halogens is 2. The van der Waals surface area contributed by atoms with E-state index in [0.29, 0.717) is 22.0 Å². The molecule has 1 aromatic carbocycles. The summed E-state index contributed by atoms with van der Waals surface area (Å²) >= 11 is 13.7. The lowest BCUT2D eigenvalue weighted by atomic mass is 10.1. The Kier molecular flexibility index (Phi) is 3.87. The van der Waals surface area contributed by atoms with E-state index in [4.69, 9.17) is 23.2 Å². The van der Waals surface area contributed by atoms with Gasteiger partial charge in [0.15, 0.2) is 0 Å². The van der Waals surface area contributed by atoms with Gasteiger partial charge in [0, 0.05) is 26.9 Å². The number of aliphatic hydroxyl groups excluding tert-OH is 1. The van der Waals surface area contributed by atoms with E-state index >= 15 is 0 Å². The fourth-order valence-electron chi connectivity index (χ4n) is 1.55. The van der Waals surface area contributed by atoms with Gasteiger partial charge in [-0.3, -0.25) is 0 Å². The summed E-state index contributed by atoms with van der Waals surface area (Å²) in [5.74, 6) is 0. The zero-order valence-electron chi connectivity index (χ0n) is 8.36. The monoisotopic (exact) mass is 272 g/mol. The van der Waals surface area contributed by atoms with E-state index in [1.165, 1.54) is 0 Å². The number of rotatable bonds is 3. The van der Waals surface area contributed by atoms with E-state index in [1.807, 2.05) is 17.5 Å². The lowest BCUT2D eigenvalue weighted by molar-refractivity contribution is 0.179. The standard InChI is InChI=1S/C12H10Cl2OS/c13-9-4-1-5-10(14)12(9)11(15)7-8-3-2-6-16-8/h1-6,11,15H,7H2. The maximum atomic E-state index is 10.1. The molecule has 0 aliphatic rings. The summed E-state index contributed by atoms with van der Waals surface area (Å²) in [4.78, 5) is 1.11. The third-order valence-electron chi connectivity index (χ3n) is 2.31. The highest BCUT2D eigenvalue weighted by molar-refractivity contribution is 7.09. The van der Waals surface area contributed by atoms with Crippen LogP contribution < -0.4 is 0 Å². The Morgan fingerprint density at radius 1 is 1.12 bits per heavy atom. The Morgan fingerprint density at radius 2 is 1.81 bits per heavy atom. The van der Waals surface area contributed by atoms with Crippen molar-refractivity contribution in [2.24, 2.45) is 0 Å². The zero-order valence-corrected chi connectivity index (χ0v) is 10.7. The predicted octanol–water partition coefficient (Wildman–Crippen LogP) is 4.33. The van der Waals surface area contributed by atoms with Crippen molar-refractivity contribution in [3.63, 3.8) is 0 Å². The number of thiophene rings is 1. The Bertz CT molecular complexity index is 448. The van der Waals surface area contributed by atoms with Crippen LogP contribution in [0.4, 0.5) is 0 Å². The Hall–Kier alpha value is -0.540. The summed E-state index contributed by atoms with van der Waals surface area (Å²) in [6, 6.07) is 9.19. The van der Waals surface area contributed by atoms with Crippen LogP contribution in [0.2, 0.25) is 10.0 Å². The molecule has 1 unspecified atom stereocenters. The molecule has 2 aromatic rings. The largest absolute Gasteiger partial charge is 0.388 e. The van der Waals surface area contributed by atoms with E-state index in [2.05, 4.69) is 0 Å². The molecule has 2 rings (SSSR count). The molecule has 0 aliphatic heterocycles. The van der Waals surface area contributed by atoms with Gasteiger partial charge in [0.2, 0.25) is 0 Å². The molecule has 0 radical (unpaired) electrons. The van der Waals surface area contributed by atoms with Crippen molar-refractivity contribution < 1.29 is 5.11 Å². The topological polar surface area (TPSA) is 20.2 Å². The van der Waals surface area contributed by atoms with Gasteiger partial charge in [-0.05, 0) is 23.6 Å². The van der Waals surface area contributed by atoms with Crippen molar-refractivity contribution in [2.45, 2.75) is 12.5 Å². The van der Waals surface area contributed by atoms with Gasteiger partial charge in [-0.15, -0.1) is 11.3 Å². The fourth-order valence-corrected chi connectivity index (χ4v) is 2.94. The number of hydrogen-bond donors (Lipinski definition) is 1. The van der Waals surface area contributed by atoms with Gasteiger partial charge in [0.05, 0.1) is 6.10 Å². The molecule has 0 bridgehead atoms. The van der Waals surface area contributed by atoms with Crippen molar-refractivity contribution in [3.8, 4) is 0 Å². The van der Waals surface area contributed by atoms with Gasteiger partial charge in [-0.25, -0.2) is 0 Å². The van der Waals surface area contributed by atoms with E-state index in [0.717, 1.165) is 4.88 Å². The average Bonchev–Trinajstić information content (AvgIpc) is 2.70. The highest BCUT2D eigenvalue weighted by Gasteiger charge is 2.16. The minimum absolute atomic E-state index is 0.511. The summed E-state index contributed by atoms with van der Waals surface area (Å²) in [6.07, 6.45) is -0.110. The average molecular weight is 273 g/mol. The van der Waals surface area contributed by atoms with Gasteiger partial charge >= 0.3 is 0 Å². The number of hydrogen-bond acceptors (Lipinski definition) is 2. The van der Waals surface area contributed by atoms with E-state index in [-0.39, 0.29) is 0 Å². The van der Waals surface area contributed by atoms with Crippen molar-refractivity contribution >= 4 is 34.5 Å². The number of aliphatic hydroxyl groups is 1. The molecule has 0 fully saturated rings. The van der Waals surface area contributed by atoms with Crippen LogP contribution in [0.15, 0.2) is 35.7 Å². The van der Waals surface area contributed by atoms with Gasteiger partial charge in [-0.1, -0.05) is 35.3 Å². The summed E-state index contributed by atoms with van der Waals surface area (Å²) < 4.78 is 0. The van der Waals surface area contributed by atoms with Gasteiger partial charge in [0.1, 0.15) is 0 Å². The molecule has 0 amide bonds. The summed E-state index contributed by atoms with van der Waals surface area (Å²) in [5.41, 5.74) is 0.610. The van der Waals surface area contributed by atoms with Crippen molar-refractivity contribution in [2.75, 3.05) is 0 Å². The Balaban J connectivity index is 2.24. The fraction of sp³-hybridized carbons (Fsp3) is 0.167. The lowest BCUT2D eigenvalue weighted by Crippen LogP contribution is -2.02. The first-order valence-corrected chi connectivity index (χ1v) is 6.46. The molecule has 0 saturated heterocycles. The third-order valence-corrected chi connectivity index (χ3v) is 3.87. The second kappa shape index (κ2) is 5.19. The quantitative estimate of drug-likeness (QED) is 0.882. The van der Waals surface area contributed by atoms with Crippen molar-refractivity contribution in [1.29, 1.82) is 0 Å². The van der Waals surface area contributed by atoms with Crippen LogP contribution in [0, 0.1) is 0 Å². The highest BCUT2D eigenvalue weighted by Crippen LogP contribution is 2.32. The van der Waals surface area contributed by atoms with Crippen LogP contribution >= 0.6 is 34.5 Å². The van der Waals surface area contributed by atoms with Crippen LogP contribution in [0.25, 0.3) is 0 Å². The van der Waals surface area contributed by atoms with Gasteiger partial charge in [-0.2, -0.15) is 0 Å². The summed E-state index contributed by atoms with van der Waals surface area (Å²) in [7, 11) is 0. The van der Waals surface area contributed by atoms with Gasteiger partial charge in [0.25, 0.3) is 0 Å². The molecule has 1 N–H and O–H groups in total. The zero-order chi connectivity index (χ0) is 11.5. The first kappa shape index (κ1) is 11.9. The molecule has 0 saturated carbocycles. The maximum Gasteiger partial charge on any atom is 0.0867 e. The van der Waals surface area contributed by atoms with Crippen molar-refractivity contribution in [1.82, 2.24) is 0 Å². The molecule has 1 heterocycles. The second-order valence-corrected chi connectivity index (χ2v) is 5.28. The minimum Gasteiger partial charge on any atom is -0.388 e. The molecule has 1 nitrogen and oxygen atoms in total. The molecule has 84 valence electrons. The molecule has 4 heteroatoms. The lowest BCUT2D eigenvalue weighted by Gasteiger charge is -2.13. The summed E-state index contributed by atoms with van der Waals surface area (Å²) in [6.45, 7) is 0. The van der Waals surface area contributed by atoms with Crippen LogP contribution in [0.1, 0.15) is 16.5 Å². The van der Waals surface area contributed by atoms with Crippen molar-refractivity contribution in [3.05, 3.63) is 56.2 Å². The van der Waals surface area contributed by atoms with Gasteiger partial charge < -0.3 is 5.11 Å². The van der Waals surface area contributed by atoms with E-state index < -0.39 is 6.10 Å². The smallest absolute Gasteiger partial charge is 0.0867 e. The van der Waals surface area contributed by atoms with Crippen LogP contribution in [-0.2, 0) is 6.42 Å². The predicted molar refractivity (Wildman–Crippen MR) is 69.4 cm³/mol. The van der Waals surface area contributed by atoms with E-state index in [9.17, 15) is 5.11 Å². The Morgan fingerprint density at radius 3 is 2.38 bits per heavy atom. The summed E-state index contributed by atoms with van der Waals surface area (Å²) in [5, 5.41) is 13.1. The Labute approximate surface area is 108 Å². The molecular weight excluding hydrogens is 263 g/mol. The maximum absolute atomic E-state index is 10.1. The first-order chi connectivity index (χ1) is 7.68. The molecule has 1 aromatic heterocycles. The molecule has 16 heavy (non-hydrogen) atoms.